The quantitative estimate of drug-likeness (QED) is 0.640. The first-order chi connectivity index (χ1) is 14.7. The molecule has 0 aliphatic carbocycles. The van der Waals surface area contributed by atoms with E-state index < -0.39 is 0 Å². The minimum atomic E-state index is -0.0827. The Morgan fingerprint density at radius 2 is 1.73 bits per heavy atom. The molecule has 6 heteroatoms. The van der Waals surface area contributed by atoms with Crippen molar-refractivity contribution in [3.63, 3.8) is 0 Å². The molecule has 1 aromatic carbocycles. The fourth-order valence-corrected chi connectivity index (χ4v) is 3.43. The lowest BCUT2D eigenvalue weighted by atomic mass is 10.0. The van der Waals surface area contributed by atoms with Gasteiger partial charge in [0.1, 0.15) is 0 Å². The monoisotopic (exact) mass is 401 g/mol. The summed E-state index contributed by atoms with van der Waals surface area (Å²) in [6.07, 6.45) is 5.24. The summed E-state index contributed by atoms with van der Waals surface area (Å²) in [5.41, 5.74) is 3.48. The van der Waals surface area contributed by atoms with E-state index in [2.05, 4.69) is 15.3 Å². The van der Waals surface area contributed by atoms with Crippen molar-refractivity contribution in [1.29, 1.82) is 0 Å². The average Bonchev–Trinajstić information content (AvgIpc) is 2.80. The molecule has 1 aliphatic heterocycles. The van der Waals surface area contributed by atoms with Crippen LogP contribution in [0.25, 0.3) is 11.3 Å². The number of ketones is 1. The van der Waals surface area contributed by atoms with Crippen LogP contribution in [-0.4, -0.2) is 40.9 Å². The molecule has 0 unspecified atom stereocenters. The summed E-state index contributed by atoms with van der Waals surface area (Å²) < 4.78 is 5.33. The van der Waals surface area contributed by atoms with Crippen molar-refractivity contribution in [2.45, 2.75) is 25.3 Å². The van der Waals surface area contributed by atoms with E-state index in [1.807, 2.05) is 30.3 Å². The van der Waals surface area contributed by atoms with Crippen LogP contribution in [-0.2, 0) is 11.2 Å². The number of carbonyl (C=O) groups is 2. The lowest BCUT2D eigenvalue weighted by Crippen LogP contribution is -2.38. The number of rotatable bonds is 6. The van der Waals surface area contributed by atoms with Gasteiger partial charge in [-0.3, -0.25) is 19.6 Å². The zero-order valence-corrected chi connectivity index (χ0v) is 16.6. The zero-order chi connectivity index (χ0) is 20.8. The molecule has 0 bridgehead atoms. The van der Waals surface area contributed by atoms with Crippen molar-refractivity contribution in [2.75, 3.05) is 13.2 Å². The van der Waals surface area contributed by atoms with Gasteiger partial charge in [0.15, 0.2) is 5.78 Å². The SMILES string of the molecule is O=C(Cc1ccccn1)c1ccnc(-c2ccc(C(=O)NC3CCOCC3)cc2)c1. The predicted molar refractivity (Wildman–Crippen MR) is 113 cm³/mol. The second-order valence-corrected chi connectivity index (χ2v) is 7.29. The van der Waals surface area contributed by atoms with Crippen LogP contribution < -0.4 is 5.32 Å². The maximum absolute atomic E-state index is 12.6. The number of ether oxygens (including phenoxy) is 1. The Hall–Kier alpha value is -3.38. The van der Waals surface area contributed by atoms with Crippen LogP contribution in [0.1, 0.15) is 39.3 Å². The van der Waals surface area contributed by atoms with Crippen LogP contribution in [0, 0.1) is 0 Å². The molecule has 6 nitrogen and oxygen atoms in total. The summed E-state index contributed by atoms with van der Waals surface area (Å²) in [6, 6.07) is 16.5. The maximum Gasteiger partial charge on any atom is 0.251 e. The van der Waals surface area contributed by atoms with Crippen LogP contribution in [0.2, 0.25) is 0 Å². The molecule has 30 heavy (non-hydrogen) atoms. The van der Waals surface area contributed by atoms with E-state index in [9.17, 15) is 9.59 Å². The Morgan fingerprint density at radius 3 is 2.47 bits per heavy atom. The van der Waals surface area contributed by atoms with Crippen LogP contribution in [0.4, 0.5) is 0 Å². The first-order valence-corrected chi connectivity index (χ1v) is 10.1. The minimum Gasteiger partial charge on any atom is -0.381 e. The normalized spacial score (nSPS) is 14.3. The van der Waals surface area contributed by atoms with E-state index in [1.54, 1.807) is 36.7 Å². The third-order valence-corrected chi connectivity index (χ3v) is 5.15. The largest absolute Gasteiger partial charge is 0.381 e. The number of nitrogens with zero attached hydrogens (tertiary/aromatic N) is 2. The number of nitrogens with one attached hydrogen (secondary N) is 1. The molecule has 2 aromatic heterocycles. The first-order valence-electron chi connectivity index (χ1n) is 10.1. The number of amides is 1. The van der Waals surface area contributed by atoms with E-state index in [0.717, 1.165) is 24.1 Å². The highest BCUT2D eigenvalue weighted by Crippen LogP contribution is 2.20. The van der Waals surface area contributed by atoms with Gasteiger partial charge in [0.25, 0.3) is 5.91 Å². The molecule has 4 rings (SSSR count). The van der Waals surface area contributed by atoms with Gasteiger partial charge < -0.3 is 10.1 Å². The Balaban J connectivity index is 1.44. The van der Waals surface area contributed by atoms with Crippen LogP contribution >= 0.6 is 0 Å². The standard InChI is InChI=1S/C24H23N3O3/c28-23(16-21-3-1-2-11-25-21)19-8-12-26-22(15-19)17-4-6-18(7-5-17)24(29)27-20-9-13-30-14-10-20/h1-8,11-12,15,20H,9-10,13-14,16H2,(H,27,29). The van der Waals surface area contributed by atoms with Gasteiger partial charge in [0.05, 0.1) is 12.1 Å². The Bertz CT molecular complexity index is 1010. The summed E-state index contributed by atoms with van der Waals surface area (Å²) >= 11 is 0. The Kier molecular flexibility index (Phi) is 6.25. The molecule has 3 heterocycles. The van der Waals surface area contributed by atoms with E-state index >= 15 is 0 Å². The van der Waals surface area contributed by atoms with Crippen LogP contribution in [0.3, 0.4) is 0 Å². The van der Waals surface area contributed by atoms with E-state index in [0.29, 0.717) is 30.0 Å². The first kappa shape index (κ1) is 19.9. The molecule has 3 aromatic rings. The fraction of sp³-hybridized carbons (Fsp3) is 0.250. The summed E-state index contributed by atoms with van der Waals surface area (Å²) in [5, 5.41) is 3.06. The average molecular weight is 401 g/mol. The number of hydrogen-bond donors (Lipinski definition) is 1. The van der Waals surface area contributed by atoms with Gasteiger partial charge in [-0.25, -0.2) is 0 Å². The molecule has 1 saturated heterocycles. The van der Waals surface area contributed by atoms with Crippen LogP contribution in [0.5, 0.6) is 0 Å². The van der Waals surface area contributed by atoms with E-state index in [1.165, 1.54) is 0 Å². The molecular weight excluding hydrogens is 378 g/mol. The molecule has 0 saturated carbocycles. The lowest BCUT2D eigenvalue weighted by molar-refractivity contribution is 0.0696. The Labute approximate surface area is 175 Å². The lowest BCUT2D eigenvalue weighted by Gasteiger charge is -2.23. The van der Waals surface area contributed by atoms with Crippen molar-refractivity contribution in [3.05, 3.63) is 83.8 Å². The van der Waals surface area contributed by atoms with Crippen molar-refractivity contribution < 1.29 is 14.3 Å². The number of carbonyl (C=O) groups excluding carboxylic acids is 2. The summed E-state index contributed by atoms with van der Waals surface area (Å²) in [7, 11) is 0. The summed E-state index contributed by atoms with van der Waals surface area (Å²) in [6.45, 7) is 1.37. The molecule has 152 valence electrons. The highest BCUT2D eigenvalue weighted by atomic mass is 16.5. The van der Waals surface area contributed by atoms with Gasteiger partial charge in [-0.1, -0.05) is 18.2 Å². The predicted octanol–water partition coefficient (Wildman–Crippen LogP) is 3.48. The van der Waals surface area contributed by atoms with Gasteiger partial charge in [0.2, 0.25) is 0 Å². The smallest absolute Gasteiger partial charge is 0.251 e. The third kappa shape index (κ3) is 4.96. The molecular formula is C24H23N3O3. The van der Waals surface area contributed by atoms with Crippen molar-refractivity contribution >= 4 is 11.7 Å². The molecule has 0 radical (unpaired) electrons. The molecule has 1 aliphatic rings. The number of benzene rings is 1. The van der Waals surface area contributed by atoms with Crippen molar-refractivity contribution in [3.8, 4) is 11.3 Å². The van der Waals surface area contributed by atoms with Gasteiger partial charge in [-0.05, 0) is 49.2 Å². The number of aromatic nitrogens is 2. The second-order valence-electron chi connectivity index (χ2n) is 7.29. The molecule has 1 N–H and O–H groups in total. The molecule has 0 spiro atoms. The molecule has 1 fully saturated rings. The fourth-order valence-electron chi connectivity index (χ4n) is 3.43. The van der Waals surface area contributed by atoms with Gasteiger partial charge in [0, 0.05) is 54.0 Å². The minimum absolute atomic E-state index is 0.00944. The van der Waals surface area contributed by atoms with Gasteiger partial charge in [-0.2, -0.15) is 0 Å². The highest BCUT2D eigenvalue weighted by Gasteiger charge is 2.17. The number of pyridine rings is 2. The van der Waals surface area contributed by atoms with E-state index in [4.69, 9.17) is 4.74 Å². The Morgan fingerprint density at radius 1 is 0.933 bits per heavy atom. The second kappa shape index (κ2) is 9.41. The summed E-state index contributed by atoms with van der Waals surface area (Å²) in [4.78, 5) is 33.7. The molecule has 0 atom stereocenters. The number of hydrogen-bond acceptors (Lipinski definition) is 5. The highest BCUT2D eigenvalue weighted by molar-refractivity contribution is 5.98. The van der Waals surface area contributed by atoms with E-state index in [-0.39, 0.29) is 24.2 Å². The van der Waals surface area contributed by atoms with Gasteiger partial charge >= 0.3 is 0 Å². The van der Waals surface area contributed by atoms with Crippen molar-refractivity contribution in [2.24, 2.45) is 0 Å². The van der Waals surface area contributed by atoms with Gasteiger partial charge in [-0.15, -0.1) is 0 Å². The van der Waals surface area contributed by atoms with Crippen LogP contribution in [0.15, 0.2) is 67.0 Å². The molecule has 1 amide bonds. The van der Waals surface area contributed by atoms with Crippen molar-refractivity contribution in [1.82, 2.24) is 15.3 Å². The number of Topliss-reactive ketones (excluding diaryl/α,β-unsaturated/α-hetero) is 1. The third-order valence-electron chi connectivity index (χ3n) is 5.15. The topological polar surface area (TPSA) is 81.2 Å². The maximum atomic E-state index is 12.6. The summed E-state index contributed by atoms with van der Waals surface area (Å²) in [5.74, 6) is -0.0921. The zero-order valence-electron chi connectivity index (χ0n) is 16.6.